The number of hydrogen-bond donors (Lipinski definition) is 1. The maximum Gasteiger partial charge on any atom is 0.295 e. The second kappa shape index (κ2) is 9.40. The number of nitrogens with zero attached hydrogens (tertiary/aromatic N) is 3. The van der Waals surface area contributed by atoms with E-state index in [0.29, 0.717) is 29.2 Å². The monoisotopic (exact) mass is 437 g/mol. The molecule has 0 spiro atoms. The molecule has 2 aromatic rings. The Morgan fingerprint density at radius 1 is 1.19 bits per heavy atom. The third kappa shape index (κ3) is 4.05. The van der Waals surface area contributed by atoms with E-state index in [2.05, 4.69) is 23.7 Å². The van der Waals surface area contributed by atoms with Crippen LogP contribution in [-0.2, 0) is 9.59 Å². The summed E-state index contributed by atoms with van der Waals surface area (Å²) in [6.45, 7) is 7.35. The predicted octanol–water partition coefficient (Wildman–Crippen LogP) is 2.96. The molecule has 0 bridgehead atoms. The molecule has 1 N–H and O–H groups in total. The number of aliphatic hydroxyl groups is 1. The van der Waals surface area contributed by atoms with Crippen molar-refractivity contribution in [1.82, 2.24) is 14.8 Å². The van der Waals surface area contributed by atoms with Crippen LogP contribution in [0.15, 0.2) is 48.3 Å². The zero-order valence-electron chi connectivity index (χ0n) is 18.3. The van der Waals surface area contributed by atoms with E-state index in [1.165, 1.54) is 0 Å². The molecule has 3 heterocycles. The van der Waals surface area contributed by atoms with Crippen molar-refractivity contribution in [2.24, 2.45) is 0 Å². The van der Waals surface area contributed by atoms with E-state index in [-0.39, 0.29) is 18.1 Å². The van der Waals surface area contributed by atoms with E-state index in [1.54, 1.807) is 41.6 Å². The number of ketones is 1. The number of benzene rings is 1. The molecule has 32 heavy (non-hydrogen) atoms. The van der Waals surface area contributed by atoms with Crippen molar-refractivity contribution >= 4 is 17.4 Å². The standard InChI is InChI=1S/C24H27N3O5/c1-3-26(4-2)11-6-12-27-21(17-7-5-10-25-14-17)20(23(29)24(27)30)22(28)16-8-9-18-19(13-16)32-15-31-18/h5,7-10,13-14,21,28H,3-4,6,11-12,15H2,1-2H3/b22-20-. The summed E-state index contributed by atoms with van der Waals surface area (Å²) < 4.78 is 10.7. The first kappa shape index (κ1) is 21.8. The summed E-state index contributed by atoms with van der Waals surface area (Å²) in [5, 5.41) is 11.1. The van der Waals surface area contributed by atoms with E-state index in [9.17, 15) is 14.7 Å². The first-order valence-corrected chi connectivity index (χ1v) is 10.9. The number of fused-ring (bicyclic) bond motifs is 1. The Hall–Kier alpha value is -3.39. The van der Waals surface area contributed by atoms with Gasteiger partial charge in [-0.05, 0) is 55.9 Å². The molecule has 2 aliphatic rings. The summed E-state index contributed by atoms with van der Waals surface area (Å²) in [4.78, 5) is 34.0. The number of rotatable bonds is 8. The second-order valence-corrected chi connectivity index (χ2v) is 7.73. The molecule has 1 aromatic heterocycles. The van der Waals surface area contributed by atoms with Crippen molar-refractivity contribution in [3.8, 4) is 11.5 Å². The maximum atomic E-state index is 13.1. The van der Waals surface area contributed by atoms with Crippen LogP contribution < -0.4 is 9.47 Å². The van der Waals surface area contributed by atoms with E-state index in [0.717, 1.165) is 26.1 Å². The van der Waals surface area contributed by atoms with Crippen LogP contribution in [0.4, 0.5) is 0 Å². The van der Waals surface area contributed by atoms with E-state index >= 15 is 0 Å². The summed E-state index contributed by atoms with van der Waals surface area (Å²) in [6.07, 6.45) is 3.98. The Bertz CT molecular complexity index is 1030. The minimum Gasteiger partial charge on any atom is -0.507 e. The van der Waals surface area contributed by atoms with Gasteiger partial charge in [0.2, 0.25) is 6.79 Å². The van der Waals surface area contributed by atoms with Gasteiger partial charge in [-0.1, -0.05) is 19.9 Å². The molecular formula is C24H27N3O5. The molecule has 1 fully saturated rings. The molecule has 4 rings (SSSR count). The highest BCUT2D eigenvalue weighted by Gasteiger charge is 2.46. The van der Waals surface area contributed by atoms with Gasteiger partial charge in [0, 0.05) is 24.5 Å². The van der Waals surface area contributed by atoms with Gasteiger partial charge in [-0.25, -0.2) is 0 Å². The van der Waals surface area contributed by atoms with Crippen LogP contribution in [0.2, 0.25) is 0 Å². The number of Topliss-reactive ketones (excluding diaryl/α,β-unsaturated/α-hetero) is 1. The molecule has 0 saturated carbocycles. The van der Waals surface area contributed by atoms with Crippen molar-refractivity contribution < 1.29 is 24.2 Å². The van der Waals surface area contributed by atoms with Crippen LogP contribution in [0.5, 0.6) is 11.5 Å². The molecule has 0 aliphatic carbocycles. The number of likely N-dealkylation sites (tertiary alicyclic amines) is 1. The maximum absolute atomic E-state index is 13.1. The summed E-state index contributed by atoms with van der Waals surface area (Å²) in [7, 11) is 0. The molecule has 8 nitrogen and oxygen atoms in total. The first-order chi connectivity index (χ1) is 15.5. The van der Waals surface area contributed by atoms with Crippen LogP contribution in [0.1, 0.15) is 37.4 Å². The number of carbonyl (C=O) groups is 2. The third-order valence-electron chi connectivity index (χ3n) is 5.95. The van der Waals surface area contributed by atoms with Crippen molar-refractivity contribution in [3.05, 3.63) is 59.4 Å². The molecule has 1 aromatic carbocycles. The SMILES string of the molecule is CCN(CC)CCCN1C(=O)C(=O)/C(=C(\O)c2ccc3c(c2)OCO3)C1c1cccnc1. The lowest BCUT2D eigenvalue weighted by Gasteiger charge is -2.26. The fraction of sp³-hybridized carbons (Fsp3) is 0.375. The van der Waals surface area contributed by atoms with Gasteiger partial charge in [0.1, 0.15) is 5.76 Å². The molecule has 168 valence electrons. The van der Waals surface area contributed by atoms with Crippen LogP contribution in [0, 0.1) is 0 Å². The topological polar surface area (TPSA) is 92.2 Å². The van der Waals surface area contributed by atoms with Gasteiger partial charge >= 0.3 is 0 Å². The minimum atomic E-state index is -0.703. The van der Waals surface area contributed by atoms with Crippen LogP contribution in [0.25, 0.3) is 5.76 Å². The van der Waals surface area contributed by atoms with Gasteiger partial charge < -0.3 is 24.4 Å². The largest absolute Gasteiger partial charge is 0.507 e. The highest BCUT2D eigenvalue weighted by molar-refractivity contribution is 6.46. The Kier molecular flexibility index (Phi) is 6.41. The van der Waals surface area contributed by atoms with Gasteiger partial charge in [-0.15, -0.1) is 0 Å². The lowest BCUT2D eigenvalue weighted by Crippen LogP contribution is -2.33. The number of pyridine rings is 1. The summed E-state index contributed by atoms with van der Waals surface area (Å²) in [5.74, 6) is -0.484. The van der Waals surface area contributed by atoms with Crippen LogP contribution >= 0.6 is 0 Å². The van der Waals surface area contributed by atoms with Gasteiger partial charge in [-0.2, -0.15) is 0 Å². The third-order valence-corrected chi connectivity index (χ3v) is 5.95. The number of hydrogen-bond acceptors (Lipinski definition) is 7. The smallest absolute Gasteiger partial charge is 0.295 e. The molecule has 2 aliphatic heterocycles. The van der Waals surface area contributed by atoms with Gasteiger partial charge in [0.25, 0.3) is 11.7 Å². The average molecular weight is 437 g/mol. The van der Waals surface area contributed by atoms with Crippen LogP contribution in [0.3, 0.4) is 0 Å². The normalized spacial score (nSPS) is 19.2. The molecule has 1 unspecified atom stereocenters. The molecule has 0 radical (unpaired) electrons. The molecular weight excluding hydrogens is 410 g/mol. The molecule has 1 amide bonds. The lowest BCUT2D eigenvalue weighted by molar-refractivity contribution is -0.140. The Labute approximate surface area is 187 Å². The molecule has 1 saturated heterocycles. The quantitative estimate of drug-likeness (QED) is 0.386. The highest BCUT2D eigenvalue weighted by atomic mass is 16.7. The molecule has 8 heteroatoms. The van der Waals surface area contributed by atoms with E-state index < -0.39 is 17.7 Å². The Morgan fingerprint density at radius 3 is 2.69 bits per heavy atom. The Morgan fingerprint density at radius 2 is 1.97 bits per heavy atom. The van der Waals surface area contributed by atoms with Gasteiger partial charge in [-0.3, -0.25) is 14.6 Å². The van der Waals surface area contributed by atoms with Gasteiger partial charge in [0.05, 0.1) is 11.6 Å². The number of aromatic nitrogens is 1. The zero-order chi connectivity index (χ0) is 22.7. The first-order valence-electron chi connectivity index (χ1n) is 10.9. The number of ether oxygens (including phenoxy) is 2. The summed E-state index contributed by atoms with van der Waals surface area (Å²) >= 11 is 0. The lowest BCUT2D eigenvalue weighted by atomic mass is 9.96. The fourth-order valence-electron chi connectivity index (χ4n) is 4.20. The van der Waals surface area contributed by atoms with Crippen molar-refractivity contribution in [3.63, 3.8) is 0 Å². The Balaban J connectivity index is 1.71. The summed E-state index contributed by atoms with van der Waals surface area (Å²) in [5.41, 5.74) is 1.13. The molecule has 1 atom stereocenters. The second-order valence-electron chi connectivity index (χ2n) is 7.73. The van der Waals surface area contributed by atoms with Crippen molar-refractivity contribution in [1.29, 1.82) is 0 Å². The number of aliphatic hydroxyl groups excluding tert-OH is 1. The number of amides is 1. The number of carbonyl (C=O) groups excluding carboxylic acids is 2. The predicted molar refractivity (Wildman–Crippen MR) is 118 cm³/mol. The van der Waals surface area contributed by atoms with E-state index in [1.807, 2.05) is 6.07 Å². The van der Waals surface area contributed by atoms with Crippen LogP contribution in [-0.4, -0.2) is 64.6 Å². The minimum absolute atomic E-state index is 0.0599. The average Bonchev–Trinajstić information content (AvgIpc) is 3.39. The summed E-state index contributed by atoms with van der Waals surface area (Å²) in [6, 6.07) is 7.81. The fourth-order valence-corrected chi connectivity index (χ4v) is 4.20. The van der Waals surface area contributed by atoms with Gasteiger partial charge in [0.15, 0.2) is 11.5 Å². The van der Waals surface area contributed by atoms with Crippen molar-refractivity contribution in [2.45, 2.75) is 26.3 Å². The zero-order valence-corrected chi connectivity index (χ0v) is 18.3. The highest BCUT2D eigenvalue weighted by Crippen LogP contribution is 2.41. The van der Waals surface area contributed by atoms with Crippen molar-refractivity contribution in [2.75, 3.05) is 33.0 Å². The van der Waals surface area contributed by atoms with E-state index in [4.69, 9.17) is 9.47 Å².